The Morgan fingerprint density at radius 2 is 1.11 bits per heavy atom. The predicted octanol–water partition coefficient (Wildman–Crippen LogP) is 13.7. The van der Waals surface area contributed by atoms with Crippen molar-refractivity contribution in [1.29, 1.82) is 0 Å². The summed E-state index contributed by atoms with van der Waals surface area (Å²) < 4.78 is 14.0. The molecule has 0 bridgehead atoms. The van der Waals surface area contributed by atoms with Gasteiger partial charge in [-0.2, -0.15) is 0 Å². The average molecular weight is 944 g/mol. The van der Waals surface area contributed by atoms with E-state index in [1.54, 1.807) is 11.3 Å². The third kappa shape index (κ3) is 5.62. The number of thiophene rings is 1. The van der Waals surface area contributed by atoms with Gasteiger partial charge in [0.25, 0.3) is 0 Å². The van der Waals surface area contributed by atoms with Crippen LogP contribution in [0.3, 0.4) is 0 Å². The summed E-state index contributed by atoms with van der Waals surface area (Å²) in [5, 5.41) is 40.8. The van der Waals surface area contributed by atoms with Crippen LogP contribution in [0.1, 0.15) is 25.0 Å². The van der Waals surface area contributed by atoms with Crippen LogP contribution in [-0.4, -0.2) is 38.8 Å². The molecule has 0 saturated carbocycles. The van der Waals surface area contributed by atoms with E-state index in [0.717, 1.165) is 109 Å². The maximum atomic E-state index is 11.0. The first kappa shape index (κ1) is 41.6. The fraction of sp³-hybridized carbons (Fsp3) is 0.0476. The number of hydrogen-bond acceptors (Lipinski definition) is 5. The quantitative estimate of drug-likeness (QED) is 0.145. The summed E-state index contributed by atoms with van der Waals surface area (Å²) in [4.78, 5) is 0. The van der Waals surface area contributed by atoms with E-state index < -0.39 is 7.12 Å². The molecule has 72 heavy (non-hydrogen) atoms. The molecule has 14 aromatic rings. The van der Waals surface area contributed by atoms with Crippen molar-refractivity contribution in [2.75, 3.05) is 0 Å². The normalized spacial score (nSPS) is 13.2. The molecule has 1 aliphatic carbocycles. The molecule has 0 spiro atoms. The summed E-state index contributed by atoms with van der Waals surface area (Å²) >= 11 is 1.72. The third-order valence-electron chi connectivity index (χ3n) is 15.7. The summed E-state index contributed by atoms with van der Waals surface area (Å²) in [5.74, 6) is 0. The fourth-order valence-corrected chi connectivity index (χ4v) is 13.7. The van der Waals surface area contributed by atoms with E-state index in [-0.39, 0.29) is 5.41 Å². The maximum absolute atomic E-state index is 11.0. The van der Waals surface area contributed by atoms with E-state index in [1.165, 1.54) is 34.3 Å². The number of para-hydroxylation sites is 3. The van der Waals surface area contributed by atoms with E-state index in [4.69, 9.17) is 4.42 Å². The Labute approximate surface area is 418 Å². The number of nitrogens with zero attached hydrogens (tertiary/aromatic N) is 2. The van der Waals surface area contributed by atoms with Gasteiger partial charge in [-0.1, -0.05) is 159 Å². The van der Waals surface area contributed by atoms with Crippen LogP contribution >= 0.6 is 11.3 Å². The Hall–Kier alpha value is -8.17. The molecule has 0 unspecified atom stereocenters. The highest BCUT2D eigenvalue weighted by atomic mass is 32.1. The van der Waals surface area contributed by atoms with Gasteiger partial charge < -0.3 is 28.6 Å². The molecule has 10 aromatic carbocycles. The lowest BCUT2D eigenvalue weighted by Crippen LogP contribution is -2.30. The summed E-state index contributed by atoms with van der Waals surface area (Å²) in [6, 6.07) is 68.6. The Bertz CT molecular complexity index is 4640. The summed E-state index contributed by atoms with van der Waals surface area (Å²) in [7, 11) is -0.541. The van der Waals surface area contributed by atoms with E-state index in [9.17, 15) is 15.1 Å². The van der Waals surface area contributed by atoms with Crippen LogP contribution in [-0.2, 0) is 5.41 Å². The van der Waals surface area contributed by atoms with E-state index in [1.807, 2.05) is 30.3 Å². The number of benzene rings is 10. The van der Waals surface area contributed by atoms with Crippen LogP contribution in [0.15, 0.2) is 199 Å². The third-order valence-corrected chi connectivity index (χ3v) is 16.9. The van der Waals surface area contributed by atoms with Crippen LogP contribution in [0.4, 0.5) is 0 Å². The Morgan fingerprint density at radius 1 is 0.472 bits per heavy atom. The highest BCUT2D eigenvalue weighted by Crippen LogP contribution is 2.55. The van der Waals surface area contributed by atoms with Crippen LogP contribution in [0.2, 0.25) is 0 Å². The largest absolute Gasteiger partial charge is 0.492 e. The van der Waals surface area contributed by atoms with Crippen LogP contribution < -0.4 is 10.9 Å². The molecule has 0 aliphatic heterocycles. The zero-order valence-electron chi connectivity index (χ0n) is 39.2. The highest BCUT2D eigenvalue weighted by Gasteiger charge is 2.39. The second-order valence-electron chi connectivity index (χ2n) is 19.7. The molecule has 1 radical (unpaired) electrons. The minimum Gasteiger partial charge on any atom is -0.454 e. The van der Waals surface area contributed by atoms with Gasteiger partial charge in [0.1, 0.15) is 5.58 Å². The Balaban J connectivity index is 0.966. The summed E-state index contributed by atoms with van der Waals surface area (Å²) in [6.45, 7) is 4.66. The molecule has 3 N–H and O–H groups in total. The molecule has 9 heteroatoms. The van der Waals surface area contributed by atoms with Crippen molar-refractivity contribution in [1.82, 2.24) is 9.13 Å². The van der Waals surface area contributed by atoms with Gasteiger partial charge in [-0.15, -0.1) is 11.3 Å². The molecule has 0 atom stereocenters. The molecule has 0 saturated heterocycles. The van der Waals surface area contributed by atoms with Gasteiger partial charge in [0.2, 0.25) is 0 Å². The van der Waals surface area contributed by atoms with Gasteiger partial charge in [0.15, 0.2) is 5.58 Å². The molecule has 0 fully saturated rings. The molecule has 1 aliphatic rings. The Morgan fingerprint density at radius 3 is 1.88 bits per heavy atom. The van der Waals surface area contributed by atoms with E-state index in [0.29, 0.717) is 16.6 Å². The summed E-state index contributed by atoms with van der Waals surface area (Å²) in [5.41, 5.74) is 17.3. The van der Waals surface area contributed by atoms with E-state index >= 15 is 0 Å². The van der Waals surface area contributed by atoms with Gasteiger partial charge in [-0.3, -0.25) is 0 Å². The number of rotatable bonds is 6. The van der Waals surface area contributed by atoms with Crippen molar-refractivity contribution in [3.05, 3.63) is 205 Å². The lowest BCUT2D eigenvalue weighted by atomic mass is 9.77. The smallest absolute Gasteiger partial charge is 0.454 e. The lowest BCUT2D eigenvalue weighted by Gasteiger charge is -2.22. The molecular formula is C63H41B2N2O4S. The van der Waals surface area contributed by atoms with Crippen molar-refractivity contribution in [3.63, 3.8) is 0 Å². The Kier molecular flexibility index (Phi) is 8.76. The molecule has 4 heterocycles. The second-order valence-corrected chi connectivity index (χ2v) is 20.7. The average Bonchev–Trinajstić information content (AvgIpc) is 4.21. The van der Waals surface area contributed by atoms with Gasteiger partial charge in [-0.05, 0) is 104 Å². The first-order valence-electron chi connectivity index (χ1n) is 24.4. The van der Waals surface area contributed by atoms with Crippen LogP contribution in [0.5, 0.6) is 0 Å². The molecule has 4 aromatic heterocycles. The lowest BCUT2D eigenvalue weighted by molar-refractivity contribution is 0.425. The number of aromatic nitrogens is 2. The summed E-state index contributed by atoms with van der Waals surface area (Å²) in [6.07, 6.45) is 0. The van der Waals surface area contributed by atoms with Crippen molar-refractivity contribution in [2.24, 2.45) is 0 Å². The second kappa shape index (κ2) is 15.2. The van der Waals surface area contributed by atoms with Gasteiger partial charge in [0, 0.05) is 53.3 Å². The molecule has 6 nitrogen and oxygen atoms in total. The number of furan rings is 1. The minimum atomic E-state index is -1.75. The molecular weight excluding hydrogens is 902 g/mol. The van der Waals surface area contributed by atoms with E-state index in [2.05, 4.69) is 187 Å². The first-order valence-corrected chi connectivity index (χ1v) is 25.2. The fourth-order valence-electron chi connectivity index (χ4n) is 12.4. The zero-order valence-corrected chi connectivity index (χ0v) is 40.0. The van der Waals surface area contributed by atoms with Crippen molar-refractivity contribution in [2.45, 2.75) is 19.3 Å². The first-order chi connectivity index (χ1) is 35.3. The van der Waals surface area contributed by atoms with Gasteiger partial charge in [0.05, 0.1) is 38.1 Å². The van der Waals surface area contributed by atoms with Gasteiger partial charge >= 0.3 is 14.6 Å². The maximum Gasteiger partial charge on any atom is 0.492 e. The minimum absolute atomic E-state index is 0.313. The van der Waals surface area contributed by atoms with Crippen molar-refractivity contribution < 1.29 is 19.5 Å². The zero-order chi connectivity index (χ0) is 48.1. The highest BCUT2D eigenvalue weighted by molar-refractivity contribution is 7.27. The number of hydrogen-bond donors (Lipinski definition) is 3. The predicted molar refractivity (Wildman–Crippen MR) is 301 cm³/mol. The molecule has 15 rings (SSSR count). The molecule has 339 valence electrons. The topological polar surface area (TPSA) is 83.7 Å². The van der Waals surface area contributed by atoms with Crippen LogP contribution in [0, 0.1) is 0 Å². The molecule has 0 amide bonds. The number of fused-ring (bicyclic) bond motifs is 15. The van der Waals surface area contributed by atoms with Crippen molar-refractivity contribution in [3.8, 4) is 44.8 Å². The SMILES string of the molecule is CC1(C)c2cc3c(cc2-c2c(-c4ccc(B(O)O)c5oc6c(-n7c8ccccc8c8cc(-c9ccccc9)ccc87)cccc6c45)cccc21)c1ccccc1n3-c1cccc2c1sc1c([B]O)cccc12. The monoisotopic (exact) mass is 943 g/mol. The van der Waals surface area contributed by atoms with Crippen molar-refractivity contribution >= 4 is 123 Å². The van der Waals surface area contributed by atoms with Crippen LogP contribution in [0.25, 0.3) is 130 Å². The standard InChI is InChI=1S/C63H41B2N2O4S/c1-63(2)47-22-10-18-39(57(47)46-33-45-38-17-7-9-25-52(38)67(56(45)34-48(46)63)55-27-12-20-42-41-19-11-23-49(64-68)61(41)72-62(42)55)40-29-30-50(65(69)70)60-58(40)43-21-13-26-54(59(43)71-60)66-51-24-8-6-16-37(51)44-32-36(28-31-53(44)66)35-14-4-3-5-15-35/h3-34,68-70H,1-2H3. The van der Waals surface area contributed by atoms with Gasteiger partial charge in [-0.25, -0.2) is 0 Å².